The molecule has 0 spiro atoms. The number of pyridine rings is 1. The van der Waals surface area contributed by atoms with Gasteiger partial charge in [0, 0.05) is 17.6 Å². The summed E-state index contributed by atoms with van der Waals surface area (Å²) in [5, 5.41) is 2.78. The lowest BCUT2D eigenvalue weighted by atomic mass is 10.2. The molecule has 1 amide bonds. The van der Waals surface area contributed by atoms with E-state index < -0.39 is 0 Å². The Hall–Kier alpha value is -3.15. The van der Waals surface area contributed by atoms with Crippen LogP contribution in [0.5, 0.6) is 0 Å². The zero-order valence-corrected chi connectivity index (χ0v) is 14.2. The van der Waals surface area contributed by atoms with E-state index in [0.29, 0.717) is 23.6 Å². The Morgan fingerprint density at radius 3 is 2.60 bits per heavy atom. The minimum atomic E-state index is -0.365. The maximum absolute atomic E-state index is 12.4. The van der Waals surface area contributed by atoms with E-state index in [4.69, 9.17) is 4.74 Å². The van der Waals surface area contributed by atoms with Crippen molar-refractivity contribution in [2.45, 2.75) is 20.3 Å². The van der Waals surface area contributed by atoms with Crippen LogP contribution in [0.2, 0.25) is 0 Å². The molecular formula is C19H19N3O3. The highest BCUT2D eigenvalue weighted by atomic mass is 16.5. The summed E-state index contributed by atoms with van der Waals surface area (Å²) in [5.74, 6) is -0.667. The van der Waals surface area contributed by atoms with Gasteiger partial charge in [-0.3, -0.25) is 4.79 Å². The molecule has 0 saturated heterocycles. The van der Waals surface area contributed by atoms with Crippen LogP contribution < -0.4 is 5.32 Å². The Bertz CT molecular complexity index is 913. The number of benzene rings is 1. The van der Waals surface area contributed by atoms with Crippen molar-refractivity contribution in [3.8, 4) is 0 Å². The number of carbonyl (C=O) groups is 2. The molecule has 0 aliphatic rings. The van der Waals surface area contributed by atoms with E-state index in [-0.39, 0.29) is 11.9 Å². The predicted octanol–water partition coefficient (Wildman–Crippen LogP) is 3.46. The van der Waals surface area contributed by atoms with E-state index in [1.165, 1.54) is 0 Å². The van der Waals surface area contributed by atoms with E-state index in [1.807, 2.05) is 36.4 Å². The predicted molar refractivity (Wildman–Crippen MR) is 94.9 cm³/mol. The van der Waals surface area contributed by atoms with Crippen LogP contribution in [0.15, 0.2) is 48.7 Å². The Morgan fingerprint density at radius 1 is 1.16 bits per heavy atom. The number of nitrogens with zero attached hydrogens (tertiary/aromatic N) is 2. The minimum absolute atomic E-state index is 0.301. The molecule has 6 nitrogen and oxygen atoms in total. The van der Waals surface area contributed by atoms with Crippen LogP contribution in [0.4, 0.5) is 5.69 Å². The second-order valence-corrected chi connectivity index (χ2v) is 5.69. The van der Waals surface area contributed by atoms with Crippen LogP contribution in [-0.4, -0.2) is 27.9 Å². The number of esters is 1. The van der Waals surface area contributed by atoms with Crippen LogP contribution in [0, 0.1) is 6.92 Å². The number of aryl methyl sites for hydroxylation is 1. The van der Waals surface area contributed by atoms with E-state index in [9.17, 15) is 9.59 Å². The Balaban J connectivity index is 1.71. The molecule has 128 valence electrons. The fraction of sp³-hybridized carbons (Fsp3) is 0.211. The number of rotatable bonds is 5. The number of carbonyl (C=O) groups excluding carboxylic acids is 2. The second-order valence-electron chi connectivity index (χ2n) is 5.69. The highest BCUT2D eigenvalue weighted by molar-refractivity contribution is 6.03. The number of hydrogen-bond donors (Lipinski definition) is 1. The molecule has 0 fully saturated rings. The molecule has 0 atom stereocenters. The summed E-state index contributed by atoms with van der Waals surface area (Å²) < 4.78 is 6.94. The fourth-order valence-corrected chi connectivity index (χ4v) is 2.42. The lowest BCUT2D eigenvalue weighted by molar-refractivity contribution is 0.0505. The van der Waals surface area contributed by atoms with Crippen LogP contribution in [-0.2, 0) is 4.74 Å². The smallest absolute Gasteiger partial charge is 0.338 e. The molecule has 0 bridgehead atoms. The van der Waals surface area contributed by atoms with Crippen molar-refractivity contribution in [3.63, 3.8) is 0 Å². The summed E-state index contributed by atoms with van der Waals surface area (Å²) in [7, 11) is 0. The SMILES string of the molecule is CCCOC(=O)c1ccc(NC(=O)c2cn3c(C)cccc3n2)cc1. The highest BCUT2D eigenvalue weighted by Crippen LogP contribution is 2.14. The fourth-order valence-electron chi connectivity index (χ4n) is 2.42. The summed E-state index contributed by atoms with van der Waals surface area (Å²) in [6, 6.07) is 12.3. The highest BCUT2D eigenvalue weighted by Gasteiger charge is 2.12. The maximum Gasteiger partial charge on any atom is 0.338 e. The number of hydrogen-bond acceptors (Lipinski definition) is 4. The average Bonchev–Trinajstić information content (AvgIpc) is 3.06. The molecule has 3 aromatic rings. The first-order chi connectivity index (χ1) is 12.1. The lowest BCUT2D eigenvalue weighted by Gasteiger charge is -2.05. The largest absolute Gasteiger partial charge is 0.462 e. The average molecular weight is 337 g/mol. The first-order valence-electron chi connectivity index (χ1n) is 8.11. The number of ether oxygens (including phenoxy) is 1. The van der Waals surface area contributed by atoms with Gasteiger partial charge in [-0.25, -0.2) is 9.78 Å². The zero-order chi connectivity index (χ0) is 17.8. The summed E-state index contributed by atoms with van der Waals surface area (Å²) in [4.78, 5) is 28.5. The molecule has 3 rings (SSSR count). The number of amides is 1. The van der Waals surface area contributed by atoms with Gasteiger partial charge in [-0.15, -0.1) is 0 Å². The molecule has 6 heteroatoms. The van der Waals surface area contributed by atoms with Gasteiger partial charge in [-0.2, -0.15) is 0 Å². The Morgan fingerprint density at radius 2 is 1.92 bits per heavy atom. The molecule has 2 heterocycles. The quantitative estimate of drug-likeness (QED) is 0.724. The molecule has 2 aromatic heterocycles. The van der Waals surface area contributed by atoms with Gasteiger partial charge in [0.15, 0.2) is 0 Å². The van der Waals surface area contributed by atoms with Crippen molar-refractivity contribution in [3.05, 3.63) is 65.6 Å². The van der Waals surface area contributed by atoms with E-state index in [1.54, 1.807) is 30.5 Å². The minimum Gasteiger partial charge on any atom is -0.462 e. The maximum atomic E-state index is 12.4. The number of fused-ring (bicyclic) bond motifs is 1. The number of anilines is 1. The summed E-state index contributed by atoms with van der Waals surface area (Å²) in [5.41, 5.74) is 3.10. The topological polar surface area (TPSA) is 72.7 Å². The van der Waals surface area contributed by atoms with E-state index in [2.05, 4.69) is 10.3 Å². The van der Waals surface area contributed by atoms with Gasteiger partial charge >= 0.3 is 5.97 Å². The van der Waals surface area contributed by atoms with Crippen LogP contribution >= 0.6 is 0 Å². The number of nitrogens with one attached hydrogen (secondary N) is 1. The lowest BCUT2D eigenvalue weighted by Crippen LogP contribution is -2.12. The number of imidazole rings is 1. The third-order valence-electron chi connectivity index (χ3n) is 3.74. The Labute approximate surface area is 145 Å². The standard InChI is InChI=1S/C19H19N3O3/c1-3-11-25-19(24)14-7-9-15(10-8-14)20-18(23)16-12-22-13(2)5-4-6-17(22)21-16/h4-10,12H,3,11H2,1-2H3,(H,20,23). The molecule has 0 aliphatic heterocycles. The summed E-state index contributed by atoms with van der Waals surface area (Å²) in [6.45, 7) is 4.28. The van der Waals surface area contributed by atoms with Crippen LogP contribution in [0.25, 0.3) is 5.65 Å². The number of aromatic nitrogens is 2. The summed E-state index contributed by atoms with van der Waals surface area (Å²) >= 11 is 0. The van der Waals surface area contributed by atoms with Gasteiger partial charge in [0.1, 0.15) is 11.3 Å². The molecule has 0 aliphatic carbocycles. The molecule has 25 heavy (non-hydrogen) atoms. The normalized spacial score (nSPS) is 10.6. The van der Waals surface area contributed by atoms with Crippen molar-refractivity contribution in [2.24, 2.45) is 0 Å². The van der Waals surface area contributed by atoms with Gasteiger partial charge in [0.2, 0.25) is 0 Å². The molecular weight excluding hydrogens is 318 g/mol. The van der Waals surface area contributed by atoms with Crippen molar-refractivity contribution >= 4 is 23.2 Å². The van der Waals surface area contributed by atoms with Crippen molar-refractivity contribution in [2.75, 3.05) is 11.9 Å². The third-order valence-corrected chi connectivity index (χ3v) is 3.74. The molecule has 0 radical (unpaired) electrons. The van der Waals surface area contributed by atoms with Gasteiger partial charge in [0.05, 0.1) is 12.2 Å². The van der Waals surface area contributed by atoms with Crippen molar-refractivity contribution in [1.82, 2.24) is 9.38 Å². The first-order valence-corrected chi connectivity index (χ1v) is 8.11. The second kappa shape index (κ2) is 7.17. The van der Waals surface area contributed by atoms with Gasteiger partial charge < -0.3 is 14.5 Å². The van der Waals surface area contributed by atoms with Crippen LogP contribution in [0.3, 0.4) is 0 Å². The summed E-state index contributed by atoms with van der Waals surface area (Å²) in [6.07, 6.45) is 2.48. The third kappa shape index (κ3) is 3.68. The van der Waals surface area contributed by atoms with E-state index in [0.717, 1.165) is 17.8 Å². The van der Waals surface area contributed by atoms with Crippen LogP contribution in [0.1, 0.15) is 39.9 Å². The molecule has 0 saturated carbocycles. The van der Waals surface area contributed by atoms with Gasteiger partial charge in [-0.1, -0.05) is 13.0 Å². The van der Waals surface area contributed by atoms with Gasteiger partial charge in [0.25, 0.3) is 5.91 Å². The first kappa shape index (κ1) is 16.7. The van der Waals surface area contributed by atoms with Crippen molar-refractivity contribution < 1.29 is 14.3 Å². The molecule has 1 aromatic carbocycles. The Kier molecular flexibility index (Phi) is 4.79. The van der Waals surface area contributed by atoms with Gasteiger partial charge in [-0.05, 0) is 49.7 Å². The van der Waals surface area contributed by atoms with E-state index >= 15 is 0 Å². The van der Waals surface area contributed by atoms with Crippen molar-refractivity contribution in [1.29, 1.82) is 0 Å². The zero-order valence-electron chi connectivity index (χ0n) is 14.2. The molecule has 0 unspecified atom stereocenters. The molecule has 1 N–H and O–H groups in total. The monoisotopic (exact) mass is 337 g/mol.